The van der Waals surface area contributed by atoms with E-state index in [2.05, 4.69) is 21.0 Å². The molecule has 0 spiro atoms. The van der Waals surface area contributed by atoms with E-state index in [9.17, 15) is 19.3 Å². The summed E-state index contributed by atoms with van der Waals surface area (Å²) in [6.45, 7) is 0. The molecule has 24 heavy (non-hydrogen) atoms. The number of carbonyl (C=O) groups excluding carboxylic acids is 1. The third-order valence-electron chi connectivity index (χ3n) is 3.41. The van der Waals surface area contributed by atoms with Gasteiger partial charge in [0.1, 0.15) is 21.8 Å². The minimum absolute atomic E-state index is 0.0704. The number of non-ortho nitro benzene ring substituents is 1. The van der Waals surface area contributed by atoms with Crippen LogP contribution < -0.4 is 0 Å². The first kappa shape index (κ1) is 16.0. The first-order valence-corrected chi connectivity index (χ1v) is 7.55. The molecule has 3 rings (SSSR count). The highest BCUT2D eigenvalue weighted by atomic mass is 79.9. The highest BCUT2D eigenvalue weighted by molar-refractivity contribution is 9.10. The Balaban J connectivity index is 2.16. The number of nitro groups is 1. The summed E-state index contributed by atoms with van der Waals surface area (Å²) < 4.78 is 15.6. The van der Waals surface area contributed by atoms with Gasteiger partial charge in [0.25, 0.3) is 5.69 Å². The number of aromatic nitrogens is 2. The summed E-state index contributed by atoms with van der Waals surface area (Å²) in [4.78, 5) is 21.7. The second-order valence-corrected chi connectivity index (χ2v) is 5.59. The Labute approximate surface area is 143 Å². The summed E-state index contributed by atoms with van der Waals surface area (Å²) in [5.41, 5.74) is 1.15. The average molecular weight is 390 g/mol. The van der Waals surface area contributed by atoms with Gasteiger partial charge in [0.05, 0.1) is 10.5 Å². The second kappa shape index (κ2) is 6.32. The molecule has 0 fully saturated rings. The summed E-state index contributed by atoms with van der Waals surface area (Å²) in [5, 5.41) is 15.0. The highest BCUT2D eigenvalue weighted by Crippen LogP contribution is 2.31. The standard InChI is InChI=1S/C16H9BrFN3O3/c17-16-12(9-22)15(10-5-7-11(8-6-10)21(23)24)19-20(16)14-4-2-1-3-13(14)18/h1-9H. The Kier molecular flexibility index (Phi) is 4.22. The molecule has 0 bridgehead atoms. The number of rotatable bonds is 4. The zero-order valence-electron chi connectivity index (χ0n) is 12.0. The molecular weight excluding hydrogens is 381 g/mol. The third kappa shape index (κ3) is 2.71. The molecule has 0 radical (unpaired) electrons. The molecule has 0 saturated heterocycles. The largest absolute Gasteiger partial charge is 0.298 e. The predicted molar refractivity (Wildman–Crippen MR) is 88.7 cm³/mol. The van der Waals surface area contributed by atoms with Crippen molar-refractivity contribution in [2.75, 3.05) is 0 Å². The van der Waals surface area contributed by atoms with Crippen LogP contribution in [0.5, 0.6) is 0 Å². The van der Waals surface area contributed by atoms with Gasteiger partial charge in [-0.05, 0) is 40.2 Å². The first-order chi connectivity index (χ1) is 11.5. The van der Waals surface area contributed by atoms with Crippen LogP contribution in [0.1, 0.15) is 10.4 Å². The number of benzene rings is 2. The lowest BCUT2D eigenvalue weighted by atomic mass is 10.1. The Morgan fingerprint density at radius 3 is 2.42 bits per heavy atom. The van der Waals surface area contributed by atoms with Crippen LogP contribution in [0, 0.1) is 15.9 Å². The molecule has 8 heteroatoms. The molecule has 2 aromatic carbocycles. The van der Waals surface area contributed by atoms with E-state index in [0.717, 1.165) is 0 Å². The van der Waals surface area contributed by atoms with E-state index >= 15 is 0 Å². The topological polar surface area (TPSA) is 78.0 Å². The van der Waals surface area contributed by atoms with E-state index in [1.165, 1.54) is 41.1 Å². The van der Waals surface area contributed by atoms with Crippen LogP contribution in [0.4, 0.5) is 10.1 Å². The van der Waals surface area contributed by atoms with Crippen molar-refractivity contribution in [3.05, 3.63) is 74.6 Å². The lowest BCUT2D eigenvalue weighted by molar-refractivity contribution is -0.384. The van der Waals surface area contributed by atoms with Gasteiger partial charge in [0, 0.05) is 17.7 Å². The first-order valence-electron chi connectivity index (χ1n) is 6.76. The Morgan fingerprint density at radius 1 is 1.17 bits per heavy atom. The second-order valence-electron chi connectivity index (χ2n) is 4.84. The van der Waals surface area contributed by atoms with Gasteiger partial charge in [-0.15, -0.1) is 0 Å². The van der Waals surface area contributed by atoms with Crippen molar-refractivity contribution in [3.63, 3.8) is 0 Å². The third-order valence-corrected chi connectivity index (χ3v) is 4.18. The summed E-state index contributed by atoms with van der Waals surface area (Å²) >= 11 is 3.26. The van der Waals surface area contributed by atoms with Crippen molar-refractivity contribution in [1.82, 2.24) is 9.78 Å². The fourth-order valence-electron chi connectivity index (χ4n) is 2.25. The summed E-state index contributed by atoms with van der Waals surface area (Å²) in [7, 11) is 0. The monoisotopic (exact) mass is 389 g/mol. The molecule has 0 atom stereocenters. The van der Waals surface area contributed by atoms with Crippen molar-refractivity contribution in [3.8, 4) is 16.9 Å². The molecule has 0 unspecified atom stereocenters. The number of aldehydes is 1. The normalized spacial score (nSPS) is 10.6. The minimum Gasteiger partial charge on any atom is -0.298 e. The Morgan fingerprint density at radius 2 is 1.83 bits per heavy atom. The molecule has 0 aliphatic carbocycles. The number of halogens is 2. The SMILES string of the molecule is O=Cc1c(-c2ccc([N+](=O)[O-])cc2)nn(-c2ccccc2F)c1Br. The van der Waals surface area contributed by atoms with Crippen molar-refractivity contribution >= 4 is 27.9 Å². The number of carbonyl (C=O) groups is 1. The fourth-order valence-corrected chi connectivity index (χ4v) is 2.80. The molecule has 3 aromatic rings. The van der Waals surface area contributed by atoms with Gasteiger partial charge in [0.2, 0.25) is 0 Å². The van der Waals surface area contributed by atoms with E-state index in [1.807, 2.05) is 0 Å². The van der Waals surface area contributed by atoms with Gasteiger partial charge in [-0.1, -0.05) is 12.1 Å². The smallest absolute Gasteiger partial charge is 0.269 e. The van der Waals surface area contributed by atoms with E-state index in [-0.39, 0.29) is 16.9 Å². The highest BCUT2D eigenvalue weighted by Gasteiger charge is 2.20. The van der Waals surface area contributed by atoms with Crippen molar-refractivity contribution in [2.24, 2.45) is 0 Å². The summed E-state index contributed by atoms with van der Waals surface area (Å²) in [5.74, 6) is -0.492. The zero-order chi connectivity index (χ0) is 17.3. The van der Waals surface area contributed by atoms with Gasteiger partial charge >= 0.3 is 0 Å². The van der Waals surface area contributed by atoms with E-state index < -0.39 is 10.7 Å². The van der Waals surface area contributed by atoms with Crippen LogP contribution in [-0.2, 0) is 0 Å². The van der Waals surface area contributed by atoms with Crippen LogP contribution >= 0.6 is 15.9 Å². The van der Waals surface area contributed by atoms with E-state index in [0.29, 0.717) is 22.1 Å². The van der Waals surface area contributed by atoms with Gasteiger partial charge < -0.3 is 0 Å². The predicted octanol–water partition coefficient (Wildman–Crippen LogP) is 4.16. The molecule has 0 saturated carbocycles. The van der Waals surface area contributed by atoms with Gasteiger partial charge in [-0.3, -0.25) is 14.9 Å². The van der Waals surface area contributed by atoms with Crippen molar-refractivity contribution in [2.45, 2.75) is 0 Å². The molecule has 0 aliphatic rings. The molecule has 0 amide bonds. The quantitative estimate of drug-likeness (QED) is 0.381. The van der Waals surface area contributed by atoms with Crippen LogP contribution in [-0.4, -0.2) is 21.0 Å². The van der Waals surface area contributed by atoms with E-state index in [4.69, 9.17) is 0 Å². The van der Waals surface area contributed by atoms with Gasteiger partial charge in [-0.2, -0.15) is 5.10 Å². The molecule has 120 valence electrons. The fraction of sp³-hybridized carbons (Fsp3) is 0. The molecule has 1 heterocycles. The molecule has 6 nitrogen and oxygen atoms in total. The van der Waals surface area contributed by atoms with Crippen LogP contribution in [0.15, 0.2) is 53.1 Å². The van der Waals surface area contributed by atoms with Crippen LogP contribution in [0.3, 0.4) is 0 Å². The number of nitrogens with zero attached hydrogens (tertiary/aromatic N) is 3. The van der Waals surface area contributed by atoms with Gasteiger partial charge in [-0.25, -0.2) is 9.07 Å². The van der Waals surface area contributed by atoms with Crippen molar-refractivity contribution < 1.29 is 14.1 Å². The number of hydrogen-bond acceptors (Lipinski definition) is 4. The number of nitro benzene ring substituents is 1. The maximum Gasteiger partial charge on any atom is 0.269 e. The maximum absolute atomic E-state index is 14.0. The Hall–Kier alpha value is -2.87. The zero-order valence-corrected chi connectivity index (χ0v) is 13.6. The van der Waals surface area contributed by atoms with Crippen molar-refractivity contribution in [1.29, 1.82) is 0 Å². The number of hydrogen-bond donors (Lipinski definition) is 0. The maximum atomic E-state index is 14.0. The minimum atomic E-state index is -0.516. The van der Waals surface area contributed by atoms with Gasteiger partial charge in [0.15, 0.2) is 6.29 Å². The molecule has 0 aliphatic heterocycles. The van der Waals surface area contributed by atoms with Crippen LogP contribution in [0.2, 0.25) is 0 Å². The molecular formula is C16H9BrFN3O3. The molecule has 1 aromatic heterocycles. The lowest BCUT2D eigenvalue weighted by Gasteiger charge is -2.04. The summed E-state index contributed by atoms with van der Waals surface area (Å²) in [6.07, 6.45) is 0.602. The number of para-hydroxylation sites is 1. The Bertz CT molecular complexity index is 938. The molecule has 0 N–H and O–H groups in total. The lowest BCUT2D eigenvalue weighted by Crippen LogP contribution is -2.00. The average Bonchev–Trinajstić information content (AvgIpc) is 2.92. The van der Waals surface area contributed by atoms with E-state index in [1.54, 1.807) is 12.1 Å². The summed E-state index contributed by atoms with van der Waals surface area (Å²) in [6, 6.07) is 11.6. The van der Waals surface area contributed by atoms with Crippen LogP contribution in [0.25, 0.3) is 16.9 Å².